The summed E-state index contributed by atoms with van der Waals surface area (Å²) in [6, 6.07) is 17.9. The maximum Gasteiger partial charge on any atom is 0.338 e. The van der Waals surface area contributed by atoms with E-state index in [1.54, 1.807) is 0 Å². The second-order valence-electron chi connectivity index (χ2n) is 15.9. The largest absolute Gasteiger partial charge is 0.481 e. The molecule has 0 bridgehead atoms. The highest BCUT2D eigenvalue weighted by Crippen LogP contribution is 2.47. The molecule has 2 aliphatic rings. The van der Waals surface area contributed by atoms with Gasteiger partial charge in [0.05, 0.1) is 11.2 Å². The van der Waals surface area contributed by atoms with Crippen molar-refractivity contribution in [2.45, 2.75) is 147 Å². The molecule has 0 saturated heterocycles. The zero-order valence-corrected chi connectivity index (χ0v) is 31.0. The molecule has 0 aliphatic heterocycles. The lowest BCUT2D eigenvalue weighted by molar-refractivity contribution is -0.137. The summed E-state index contributed by atoms with van der Waals surface area (Å²) >= 11 is 0. The Morgan fingerprint density at radius 1 is 0.851 bits per heavy atom. The van der Waals surface area contributed by atoms with Gasteiger partial charge in [-0.15, -0.1) is 0 Å². The number of carboxylic acid groups (broad SMARTS) is 1. The van der Waals surface area contributed by atoms with Crippen LogP contribution in [0.2, 0.25) is 18.1 Å². The standard InChI is InChI=1S/C41H60O5Si/c1-40(2,3)47(5,6)46-41(4,35-19-13-10-14-20-35)30-29-33-27-28-37(36(33)21-15-7-8-16-22-38(42)43)45-39(44)34-25-23-32(24-26-34)31-17-11-9-12-18-31/h9,11-12,17-18,23-27,35-37H,7-8,10,13-16,19-22,28-30H2,1-6H3,(H,42,43)/t36-,37+,41+/m1/s1. The first-order valence-electron chi connectivity index (χ1n) is 18.3. The Morgan fingerprint density at radius 3 is 2.13 bits per heavy atom. The molecule has 0 heterocycles. The number of esters is 1. The molecule has 258 valence electrons. The van der Waals surface area contributed by atoms with Crippen molar-refractivity contribution in [3.63, 3.8) is 0 Å². The fourth-order valence-corrected chi connectivity index (χ4v) is 9.16. The van der Waals surface area contributed by atoms with Crippen molar-refractivity contribution in [3.05, 3.63) is 71.8 Å². The van der Waals surface area contributed by atoms with Gasteiger partial charge in [-0.2, -0.15) is 0 Å². The molecule has 1 fully saturated rings. The molecule has 5 nitrogen and oxygen atoms in total. The minimum Gasteiger partial charge on any atom is -0.481 e. The number of carboxylic acids is 1. The predicted molar refractivity (Wildman–Crippen MR) is 195 cm³/mol. The molecular weight excluding hydrogens is 601 g/mol. The normalized spacial score (nSPS) is 20.4. The third kappa shape index (κ3) is 10.4. The Hall–Kier alpha value is -2.70. The topological polar surface area (TPSA) is 72.8 Å². The maximum atomic E-state index is 13.4. The summed E-state index contributed by atoms with van der Waals surface area (Å²) < 4.78 is 13.6. The van der Waals surface area contributed by atoms with E-state index in [4.69, 9.17) is 14.3 Å². The first-order valence-corrected chi connectivity index (χ1v) is 21.2. The Morgan fingerprint density at radius 2 is 1.49 bits per heavy atom. The number of unbranched alkanes of at least 4 members (excludes halogenated alkanes) is 3. The predicted octanol–water partition coefficient (Wildman–Crippen LogP) is 11.4. The minimum absolute atomic E-state index is 0.150. The first kappa shape index (κ1) is 37.1. The fraction of sp³-hybridized carbons (Fsp3) is 0.610. The second kappa shape index (κ2) is 16.6. The van der Waals surface area contributed by atoms with E-state index in [2.05, 4.69) is 59.0 Å². The molecule has 1 N–H and O–H groups in total. The number of carbonyl (C=O) groups is 2. The van der Waals surface area contributed by atoms with E-state index in [0.29, 0.717) is 17.9 Å². The minimum atomic E-state index is -1.99. The van der Waals surface area contributed by atoms with Crippen molar-refractivity contribution >= 4 is 20.3 Å². The first-order chi connectivity index (χ1) is 22.3. The molecular formula is C41H60O5Si. The summed E-state index contributed by atoms with van der Waals surface area (Å²) in [7, 11) is -1.99. The van der Waals surface area contributed by atoms with Crippen LogP contribution in [0, 0.1) is 11.8 Å². The highest BCUT2D eigenvalue weighted by atomic mass is 28.4. The fourth-order valence-electron chi connectivity index (χ4n) is 7.42. The lowest BCUT2D eigenvalue weighted by Crippen LogP contribution is -2.52. The zero-order valence-electron chi connectivity index (χ0n) is 30.0. The smallest absolute Gasteiger partial charge is 0.338 e. The molecule has 2 aliphatic carbocycles. The SMILES string of the molecule is CC(C)(C)[Si](C)(C)O[C@@](C)(CCC1=CC[C@H](OC(=O)c2ccc(-c3ccccc3)cc2)[C@@H]1CCCCCCC(=O)O)C1CCCCC1. The van der Waals surface area contributed by atoms with Crippen LogP contribution in [0.3, 0.4) is 0 Å². The number of hydrogen-bond donors (Lipinski definition) is 1. The summed E-state index contributed by atoms with van der Waals surface area (Å²) in [6.07, 6.45) is 16.1. The zero-order chi connectivity index (χ0) is 34.1. The van der Waals surface area contributed by atoms with Crippen LogP contribution in [0.25, 0.3) is 11.1 Å². The summed E-state index contributed by atoms with van der Waals surface area (Å²) in [5.74, 6) is -0.224. The van der Waals surface area contributed by atoms with Gasteiger partial charge in [0.15, 0.2) is 8.32 Å². The molecule has 2 aromatic rings. The van der Waals surface area contributed by atoms with Crippen LogP contribution in [0.4, 0.5) is 0 Å². The van der Waals surface area contributed by atoms with Crippen LogP contribution >= 0.6 is 0 Å². The van der Waals surface area contributed by atoms with Crippen LogP contribution < -0.4 is 0 Å². The number of aliphatic carboxylic acids is 1. The summed E-state index contributed by atoms with van der Waals surface area (Å²) in [5, 5.41) is 9.18. The van der Waals surface area contributed by atoms with Crippen LogP contribution in [0.1, 0.15) is 128 Å². The molecule has 2 aromatic carbocycles. The molecule has 3 atom stereocenters. The number of benzene rings is 2. The lowest BCUT2D eigenvalue weighted by Gasteiger charge is -2.49. The molecule has 1 saturated carbocycles. The Labute approximate surface area is 285 Å². The highest BCUT2D eigenvalue weighted by molar-refractivity contribution is 6.74. The van der Waals surface area contributed by atoms with Gasteiger partial charge in [-0.05, 0) is 92.8 Å². The number of rotatable bonds is 16. The Kier molecular flexibility index (Phi) is 13.1. The van der Waals surface area contributed by atoms with Crippen LogP contribution in [-0.4, -0.2) is 37.1 Å². The summed E-state index contributed by atoms with van der Waals surface area (Å²) in [6.45, 7) is 14.2. The Bertz CT molecular complexity index is 1320. The molecule has 47 heavy (non-hydrogen) atoms. The van der Waals surface area contributed by atoms with Crippen molar-refractivity contribution < 1.29 is 23.9 Å². The average molecular weight is 661 g/mol. The summed E-state index contributed by atoms with van der Waals surface area (Å²) in [5.41, 5.74) is 4.03. The molecule has 0 radical (unpaired) electrons. The van der Waals surface area contributed by atoms with Crippen molar-refractivity contribution in [2.75, 3.05) is 0 Å². The van der Waals surface area contributed by atoms with Crippen LogP contribution in [0.5, 0.6) is 0 Å². The van der Waals surface area contributed by atoms with Gasteiger partial charge in [-0.3, -0.25) is 4.79 Å². The van der Waals surface area contributed by atoms with Gasteiger partial charge in [-0.25, -0.2) is 4.79 Å². The van der Waals surface area contributed by atoms with Gasteiger partial charge >= 0.3 is 11.9 Å². The molecule has 6 heteroatoms. The molecule has 4 rings (SSSR count). The molecule has 0 aromatic heterocycles. The van der Waals surface area contributed by atoms with E-state index in [1.165, 1.54) is 37.7 Å². The van der Waals surface area contributed by atoms with E-state index >= 15 is 0 Å². The number of carbonyl (C=O) groups excluding carboxylic acids is 1. The number of hydrogen-bond acceptors (Lipinski definition) is 4. The van der Waals surface area contributed by atoms with E-state index in [0.717, 1.165) is 56.1 Å². The molecule has 0 amide bonds. The molecule has 0 unspecified atom stereocenters. The quantitative estimate of drug-likeness (QED) is 0.0839. The lowest BCUT2D eigenvalue weighted by atomic mass is 9.75. The third-order valence-corrected chi connectivity index (χ3v) is 15.9. The summed E-state index contributed by atoms with van der Waals surface area (Å²) in [4.78, 5) is 24.4. The van der Waals surface area contributed by atoms with Gasteiger partial charge in [-0.1, -0.05) is 113 Å². The van der Waals surface area contributed by atoms with Crippen LogP contribution in [-0.2, 0) is 14.0 Å². The van der Waals surface area contributed by atoms with Gasteiger partial charge in [0.2, 0.25) is 0 Å². The van der Waals surface area contributed by atoms with Crippen molar-refractivity contribution in [2.24, 2.45) is 11.8 Å². The average Bonchev–Trinajstić information content (AvgIpc) is 3.42. The second-order valence-corrected chi connectivity index (χ2v) is 20.6. The maximum absolute atomic E-state index is 13.4. The van der Waals surface area contributed by atoms with Gasteiger partial charge < -0.3 is 14.3 Å². The Balaban J connectivity index is 1.46. The van der Waals surface area contributed by atoms with Gasteiger partial charge in [0, 0.05) is 18.8 Å². The van der Waals surface area contributed by atoms with E-state index in [9.17, 15) is 9.59 Å². The van der Waals surface area contributed by atoms with Gasteiger partial charge in [0.1, 0.15) is 6.10 Å². The van der Waals surface area contributed by atoms with E-state index in [-0.39, 0.29) is 35.1 Å². The molecule has 0 spiro atoms. The van der Waals surface area contributed by atoms with Crippen molar-refractivity contribution in [1.29, 1.82) is 0 Å². The van der Waals surface area contributed by atoms with Gasteiger partial charge in [0.25, 0.3) is 0 Å². The van der Waals surface area contributed by atoms with Crippen LogP contribution in [0.15, 0.2) is 66.2 Å². The van der Waals surface area contributed by atoms with E-state index in [1.807, 2.05) is 42.5 Å². The monoisotopic (exact) mass is 660 g/mol. The highest BCUT2D eigenvalue weighted by Gasteiger charge is 2.46. The number of ether oxygens (including phenoxy) is 1. The van der Waals surface area contributed by atoms with Crippen molar-refractivity contribution in [1.82, 2.24) is 0 Å². The van der Waals surface area contributed by atoms with E-state index < -0.39 is 14.3 Å². The third-order valence-electron chi connectivity index (χ3n) is 11.4. The van der Waals surface area contributed by atoms with Crippen molar-refractivity contribution in [3.8, 4) is 11.1 Å².